The van der Waals surface area contributed by atoms with Crippen LogP contribution in [0, 0.1) is 0 Å². The quantitative estimate of drug-likeness (QED) is 0.579. The highest BCUT2D eigenvalue weighted by atomic mass is 16.1. The number of carbonyl (C=O) groups is 1. The third-order valence-corrected chi connectivity index (χ3v) is 2.23. The topological polar surface area (TPSA) is 34.9 Å². The number of rotatable bonds is 3. The van der Waals surface area contributed by atoms with Crippen LogP contribution in [-0.4, -0.2) is 15.6 Å². The molecule has 0 amide bonds. The van der Waals surface area contributed by atoms with E-state index in [1.165, 1.54) is 0 Å². The van der Waals surface area contributed by atoms with Gasteiger partial charge in [0.2, 0.25) is 5.78 Å². The summed E-state index contributed by atoms with van der Waals surface area (Å²) in [5, 5.41) is 4.21. The maximum absolute atomic E-state index is 11.6. The number of ketones is 1. The molecule has 0 saturated heterocycles. The lowest BCUT2D eigenvalue weighted by atomic mass is 10.2. The molecule has 0 aliphatic carbocycles. The molecule has 80 valence electrons. The van der Waals surface area contributed by atoms with Crippen molar-refractivity contribution in [3.8, 4) is 5.69 Å². The summed E-state index contributed by atoms with van der Waals surface area (Å²) in [5.41, 5.74) is 1.86. The highest BCUT2D eigenvalue weighted by Gasteiger charge is 2.10. The standard InChI is InChI=1S/C13H12N2O/c1-10(2)13(16)12-8-9-15(14-12)11-6-4-3-5-7-11/h3-9H,1H2,2H3. The van der Waals surface area contributed by atoms with Gasteiger partial charge in [-0.1, -0.05) is 24.8 Å². The van der Waals surface area contributed by atoms with E-state index in [1.807, 2.05) is 30.3 Å². The zero-order valence-corrected chi connectivity index (χ0v) is 9.05. The molecule has 0 aliphatic heterocycles. The van der Waals surface area contributed by atoms with Crippen LogP contribution in [0.3, 0.4) is 0 Å². The van der Waals surface area contributed by atoms with Crippen LogP contribution in [0.15, 0.2) is 54.7 Å². The normalized spacial score (nSPS) is 10.1. The van der Waals surface area contributed by atoms with Crippen LogP contribution in [0.5, 0.6) is 0 Å². The van der Waals surface area contributed by atoms with Gasteiger partial charge in [-0.25, -0.2) is 4.68 Å². The molecular formula is C13H12N2O. The van der Waals surface area contributed by atoms with Gasteiger partial charge < -0.3 is 0 Å². The van der Waals surface area contributed by atoms with Crippen molar-refractivity contribution in [1.82, 2.24) is 9.78 Å². The molecular weight excluding hydrogens is 200 g/mol. The molecule has 0 radical (unpaired) electrons. The van der Waals surface area contributed by atoms with Crippen LogP contribution >= 0.6 is 0 Å². The summed E-state index contributed by atoms with van der Waals surface area (Å²) in [6.07, 6.45) is 1.77. The third kappa shape index (κ3) is 1.93. The van der Waals surface area contributed by atoms with E-state index in [-0.39, 0.29) is 5.78 Å². The van der Waals surface area contributed by atoms with Crippen molar-refractivity contribution in [3.63, 3.8) is 0 Å². The van der Waals surface area contributed by atoms with E-state index in [0.717, 1.165) is 5.69 Å². The maximum atomic E-state index is 11.6. The molecule has 2 aromatic rings. The number of nitrogens with zero attached hydrogens (tertiary/aromatic N) is 2. The summed E-state index contributed by atoms with van der Waals surface area (Å²) in [7, 11) is 0. The Hall–Kier alpha value is -2.16. The lowest BCUT2D eigenvalue weighted by Gasteiger charge is -1.99. The smallest absolute Gasteiger partial charge is 0.208 e. The molecule has 0 N–H and O–H groups in total. The lowest BCUT2D eigenvalue weighted by molar-refractivity contribution is 0.103. The van der Waals surface area contributed by atoms with Crippen molar-refractivity contribution in [3.05, 3.63) is 60.4 Å². The van der Waals surface area contributed by atoms with Gasteiger partial charge in [-0.15, -0.1) is 0 Å². The highest BCUT2D eigenvalue weighted by molar-refractivity contribution is 6.06. The minimum absolute atomic E-state index is 0.116. The van der Waals surface area contributed by atoms with Crippen LogP contribution in [-0.2, 0) is 0 Å². The van der Waals surface area contributed by atoms with Gasteiger partial charge >= 0.3 is 0 Å². The molecule has 1 heterocycles. The molecule has 0 aliphatic rings. The highest BCUT2D eigenvalue weighted by Crippen LogP contribution is 2.09. The zero-order chi connectivity index (χ0) is 11.5. The van der Waals surface area contributed by atoms with Gasteiger partial charge in [0.15, 0.2) is 0 Å². The van der Waals surface area contributed by atoms with Gasteiger partial charge in [0, 0.05) is 6.20 Å². The molecule has 0 unspecified atom stereocenters. The molecule has 3 nitrogen and oxygen atoms in total. The summed E-state index contributed by atoms with van der Waals surface area (Å²) < 4.78 is 1.68. The fraction of sp³-hybridized carbons (Fsp3) is 0.0769. The Kier molecular flexibility index (Phi) is 2.68. The summed E-state index contributed by atoms with van der Waals surface area (Å²) in [6.45, 7) is 5.30. The Morgan fingerprint density at radius 1 is 1.25 bits per heavy atom. The first-order valence-corrected chi connectivity index (χ1v) is 5.00. The zero-order valence-electron chi connectivity index (χ0n) is 9.05. The summed E-state index contributed by atoms with van der Waals surface area (Å²) in [5.74, 6) is -0.116. The molecule has 1 aromatic carbocycles. The molecule has 0 fully saturated rings. The molecule has 0 saturated carbocycles. The fourth-order valence-corrected chi connectivity index (χ4v) is 1.39. The monoisotopic (exact) mass is 212 g/mol. The molecule has 2 rings (SSSR count). The molecule has 0 bridgehead atoms. The van der Waals surface area contributed by atoms with Gasteiger partial charge in [0.25, 0.3) is 0 Å². The molecule has 1 aromatic heterocycles. The van der Waals surface area contributed by atoms with Gasteiger partial charge in [-0.3, -0.25) is 4.79 Å². The minimum Gasteiger partial charge on any atom is -0.287 e. The minimum atomic E-state index is -0.116. The Morgan fingerprint density at radius 3 is 2.56 bits per heavy atom. The third-order valence-electron chi connectivity index (χ3n) is 2.23. The van der Waals surface area contributed by atoms with Crippen molar-refractivity contribution in [2.75, 3.05) is 0 Å². The van der Waals surface area contributed by atoms with Gasteiger partial charge in [-0.05, 0) is 30.7 Å². The summed E-state index contributed by atoms with van der Waals surface area (Å²) in [6, 6.07) is 11.4. The number of Topliss-reactive ketones (excluding diaryl/α,β-unsaturated/α-hetero) is 1. The first-order valence-electron chi connectivity index (χ1n) is 5.00. The SMILES string of the molecule is C=C(C)C(=O)c1ccn(-c2ccccc2)n1. The Labute approximate surface area is 94.0 Å². The van der Waals surface area contributed by atoms with E-state index in [4.69, 9.17) is 0 Å². The van der Waals surface area contributed by atoms with E-state index in [9.17, 15) is 4.79 Å². The molecule has 0 atom stereocenters. The van der Waals surface area contributed by atoms with E-state index >= 15 is 0 Å². The van der Waals surface area contributed by atoms with Crippen LogP contribution in [0.4, 0.5) is 0 Å². The first kappa shape index (κ1) is 10.4. The Balaban J connectivity index is 2.34. The number of para-hydroxylation sites is 1. The van der Waals surface area contributed by atoms with Gasteiger partial charge in [-0.2, -0.15) is 5.10 Å². The van der Waals surface area contributed by atoms with Gasteiger partial charge in [0.1, 0.15) is 5.69 Å². The van der Waals surface area contributed by atoms with E-state index in [0.29, 0.717) is 11.3 Å². The molecule has 0 spiro atoms. The number of carbonyl (C=O) groups excluding carboxylic acids is 1. The van der Waals surface area contributed by atoms with Crippen molar-refractivity contribution in [2.45, 2.75) is 6.92 Å². The largest absolute Gasteiger partial charge is 0.287 e. The second kappa shape index (κ2) is 4.14. The van der Waals surface area contributed by atoms with Crippen LogP contribution in [0.2, 0.25) is 0 Å². The lowest BCUT2D eigenvalue weighted by Crippen LogP contribution is -2.02. The predicted molar refractivity (Wildman–Crippen MR) is 62.7 cm³/mol. The summed E-state index contributed by atoms with van der Waals surface area (Å²) >= 11 is 0. The second-order valence-corrected chi connectivity index (χ2v) is 3.59. The maximum Gasteiger partial charge on any atom is 0.208 e. The van der Waals surface area contributed by atoms with Crippen LogP contribution < -0.4 is 0 Å². The number of allylic oxidation sites excluding steroid dienone is 1. The van der Waals surface area contributed by atoms with E-state index < -0.39 is 0 Å². The molecule has 3 heteroatoms. The number of hydrogen-bond donors (Lipinski definition) is 0. The fourth-order valence-electron chi connectivity index (χ4n) is 1.39. The Bertz CT molecular complexity index is 526. The number of aromatic nitrogens is 2. The van der Waals surface area contributed by atoms with E-state index in [2.05, 4.69) is 11.7 Å². The van der Waals surface area contributed by atoms with Crippen molar-refractivity contribution >= 4 is 5.78 Å². The van der Waals surface area contributed by atoms with Crippen LogP contribution in [0.1, 0.15) is 17.4 Å². The van der Waals surface area contributed by atoms with Crippen molar-refractivity contribution < 1.29 is 4.79 Å². The Morgan fingerprint density at radius 2 is 1.94 bits per heavy atom. The van der Waals surface area contributed by atoms with Crippen LogP contribution in [0.25, 0.3) is 5.69 Å². The average molecular weight is 212 g/mol. The van der Waals surface area contributed by atoms with E-state index in [1.54, 1.807) is 23.9 Å². The predicted octanol–water partition coefficient (Wildman–Crippen LogP) is 2.63. The average Bonchev–Trinajstić information content (AvgIpc) is 2.78. The summed E-state index contributed by atoms with van der Waals surface area (Å²) in [4.78, 5) is 11.6. The first-order chi connectivity index (χ1) is 7.68. The van der Waals surface area contributed by atoms with Crippen molar-refractivity contribution in [1.29, 1.82) is 0 Å². The molecule has 16 heavy (non-hydrogen) atoms. The number of benzene rings is 1. The van der Waals surface area contributed by atoms with Gasteiger partial charge in [0.05, 0.1) is 5.69 Å². The second-order valence-electron chi connectivity index (χ2n) is 3.59. The number of hydrogen-bond acceptors (Lipinski definition) is 2. The van der Waals surface area contributed by atoms with Crippen molar-refractivity contribution in [2.24, 2.45) is 0 Å².